The second-order valence-electron chi connectivity index (χ2n) is 5.64. The minimum Gasteiger partial charge on any atom is -0.402 e. The van der Waals surface area contributed by atoms with Crippen molar-refractivity contribution in [3.8, 4) is 0 Å². The SMILES string of the molecule is NC1=CC(c2ccccc2)CC(c2ccccc2)CC1. The van der Waals surface area contributed by atoms with E-state index in [1.165, 1.54) is 11.1 Å². The highest BCUT2D eigenvalue weighted by Crippen LogP contribution is 2.37. The van der Waals surface area contributed by atoms with E-state index in [9.17, 15) is 0 Å². The Balaban J connectivity index is 1.88. The Bertz CT molecular complexity index is 571. The average Bonchev–Trinajstić information content (AvgIpc) is 2.71. The highest BCUT2D eigenvalue weighted by atomic mass is 14.6. The molecule has 2 aromatic carbocycles. The summed E-state index contributed by atoms with van der Waals surface area (Å²) in [7, 11) is 0. The topological polar surface area (TPSA) is 26.0 Å². The molecule has 20 heavy (non-hydrogen) atoms. The summed E-state index contributed by atoms with van der Waals surface area (Å²) in [6.45, 7) is 0. The van der Waals surface area contributed by atoms with E-state index in [4.69, 9.17) is 5.73 Å². The molecule has 102 valence electrons. The van der Waals surface area contributed by atoms with Gasteiger partial charge >= 0.3 is 0 Å². The molecule has 1 nitrogen and oxygen atoms in total. The molecule has 3 rings (SSSR count). The lowest BCUT2D eigenvalue weighted by Gasteiger charge is -2.20. The van der Waals surface area contributed by atoms with Crippen molar-refractivity contribution in [3.05, 3.63) is 83.6 Å². The zero-order valence-corrected chi connectivity index (χ0v) is 11.7. The van der Waals surface area contributed by atoms with Gasteiger partial charge in [0.2, 0.25) is 0 Å². The monoisotopic (exact) mass is 263 g/mol. The van der Waals surface area contributed by atoms with Gasteiger partial charge in [-0.2, -0.15) is 0 Å². The molecular weight excluding hydrogens is 242 g/mol. The van der Waals surface area contributed by atoms with E-state index < -0.39 is 0 Å². The second-order valence-corrected chi connectivity index (χ2v) is 5.64. The van der Waals surface area contributed by atoms with E-state index in [-0.39, 0.29) is 0 Å². The van der Waals surface area contributed by atoms with Gasteiger partial charge in [-0.25, -0.2) is 0 Å². The fraction of sp³-hybridized carbons (Fsp3) is 0.263. The predicted molar refractivity (Wildman–Crippen MR) is 84.5 cm³/mol. The summed E-state index contributed by atoms with van der Waals surface area (Å²) in [4.78, 5) is 0. The van der Waals surface area contributed by atoms with Crippen molar-refractivity contribution in [2.75, 3.05) is 0 Å². The third-order valence-electron chi connectivity index (χ3n) is 4.23. The summed E-state index contributed by atoms with van der Waals surface area (Å²) in [5, 5.41) is 0. The van der Waals surface area contributed by atoms with Crippen LogP contribution in [0.4, 0.5) is 0 Å². The Morgan fingerprint density at radius 3 is 2.05 bits per heavy atom. The molecule has 0 saturated carbocycles. The van der Waals surface area contributed by atoms with Gasteiger partial charge in [-0.1, -0.05) is 66.7 Å². The molecule has 1 aliphatic carbocycles. The lowest BCUT2D eigenvalue weighted by molar-refractivity contribution is 0.566. The molecule has 0 spiro atoms. The molecule has 0 bridgehead atoms. The zero-order chi connectivity index (χ0) is 13.8. The summed E-state index contributed by atoms with van der Waals surface area (Å²) in [5.74, 6) is 1.03. The first-order valence-corrected chi connectivity index (χ1v) is 7.39. The first-order valence-electron chi connectivity index (χ1n) is 7.39. The van der Waals surface area contributed by atoms with E-state index in [1.54, 1.807) is 0 Å². The number of nitrogens with two attached hydrogens (primary N) is 1. The Hall–Kier alpha value is -2.02. The van der Waals surface area contributed by atoms with E-state index in [0.717, 1.165) is 25.0 Å². The van der Waals surface area contributed by atoms with Crippen molar-refractivity contribution in [2.24, 2.45) is 5.73 Å². The molecule has 2 aromatic rings. The third kappa shape index (κ3) is 2.93. The second kappa shape index (κ2) is 5.96. The number of rotatable bonds is 2. The van der Waals surface area contributed by atoms with Crippen molar-refractivity contribution >= 4 is 0 Å². The predicted octanol–water partition coefficient (Wildman–Crippen LogP) is 4.58. The minimum atomic E-state index is 0.434. The average molecular weight is 263 g/mol. The first kappa shape index (κ1) is 13.0. The quantitative estimate of drug-likeness (QED) is 0.843. The van der Waals surface area contributed by atoms with Crippen LogP contribution in [0.1, 0.15) is 42.2 Å². The van der Waals surface area contributed by atoms with Gasteiger partial charge in [0.1, 0.15) is 0 Å². The van der Waals surface area contributed by atoms with Gasteiger partial charge in [-0.15, -0.1) is 0 Å². The standard InChI is InChI=1S/C19H21N/c20-19-12-11-17(15-7-3-1-4-8-15)13-18(14-19)16-9-5-2-6-10-16/h1-10,14,17-18H,11-13,20H2. The summed E-state index contributed by atoms with van der Waals surface area (Å²) >= 11 is 0. The minimum absolute atomic E-state index is 0.434. The summed E-state index contributed by atoms with van der Waals surface area (Å²) in [6, 6.07) is 21.6. The van der Waals surface area contributed by atoms with Gasteiger partial charge < -0.3 is 5.73 Å². The van der Waals surface area contributed by atoms with Crippen molar-refractivity contribution in [1.29, 1.82) is 0 Å². The van der Waals surface area contributed by atoms with E-state index in [2.05, 4.69) is 66.7 Å². The molecule has 0 aliphatic heterocycles. The van der Waals surface area contributed by atoms with Crippen LogP contribution < -0.4 is 5.73 Å². The Labute approximate surface area is 121 Å². The normalized spacial score (nSPS) is 22.9. The third-order valence-corrected chi connectivity index (χ3v) is 4.23. The van der Waals surface area contributed by atoms with Crippen LogP contribution in [0.25, 0.3) is 0 Å². The van der Waals surface area contributed by atoms with Gasteiger partial charge in [0.25, 0.3) is 0 Å². The van der Waals surface area contributed by atoms with Crippen LogP contribution in [0.15, 0.2) is 72.4 Å². The zero-order valence-electron chi connectivity index (χ0n) is 11.7. The fourth-order valence-electron chi connectivity index (χ4n) is 3.14. The van der Waals surface area contributed by atoms with Gasteiger partial charge in [0.15, 0.2) is 0 Å². The maximum Gasteiger partial charge on any atom is 0.00464 e. The molecule has 0 saturated heterocycles. The Morgan fingerprint density at radius 1 is 0.800 bits per heavy atom. The highest BCUT2D eigenvalue weighted by Gasteiger charge is 2.21. The molecule has 0 heterocycles. The largest absolute Gasteiger partial charge is 0.402 e. The summed E-state index contributed by atoms with van der Waals surface area (Å²) in [5.41, 5.74) is 10.0. The van der Waals surface area contributed by atoms with Crippen LogP contribution in [-0.4, -0.2) is 0 Å². The van der Waals surface area contributed by atoms with Gasteiger partial charge in [-0.3, -0.25) is 0 Å². The van der Waals surface area contributed by atoms with Crippen LogP contribution >= 0.6 is 0 Å². The van der Waals surface area contributed by atoms with Gasteiger partial charge in [0, 0.05) is 11.6 Å². The molecule has 2 N–H and O–H groups in total. The van der Waals surface area contributed by atoms with Crippen molar-refractivity contribution in [1.82, 2.24) is 0 Å². The summed E-state index contributed by atoms with van der Waals surface area (Å²) in [6.07, 6.45) is 5.56. The van der Waals surface area contributed by atoms with Crippen LogP contribution in [0.2, 0.25) is 0 Å². The Morgan fingerprint density at radius 2 is 1.40 bits per heavy atom. The lowest BCUT2D eigenvalue weighted by atomic mass is 9.85. The molecule has 2 atom stereocenters. The smallest absolute Gasteiger partial charge is 0.00464 e. The maximum absolute atomic E-state index is 6.16. The summed E-state index contributed by atoms with van der Waals surface area (Å²) < 4.78 is 0. The van der Waals surface area contributed by atoms with Crippen molar-refractivity contribution < 1.29 is 0 Å². The molecule has 0 aromatic heterocycles. The first-order chi connectivity index (χ1) is 9.83. The number of benzene rings is 2. The van der Waals surface area contributed by atoms with E-state index in [0.29, 0.717) is 11.8 Å². The molecule has 0 amide bonds. The van der Waals surface area contributed by atoms with Crippen LogP contribution in [0, 0.1) is 0 Å². The van der Waals surface area contributed by atoms with Crippen molar-refractivity contribution in [3.63, 3.8) is 0 Å². The van der Waals surface area contributed by atoms with E-state index >= 15 is 0 Å². The van der Waals surface area contributed by atoms with Crippen LogP contribution in [-0.2, 0) is 0 Å². The van der Waals surface area contributed by atoms with Crippen LogP contribution in [0.5, 0.6) is 0 Å². The highest BCUT2D eigenvalue weighted by molar-refractivity contribution is 5.29. The fourth-order valence-corrected chi connectivity index (χ4v) is 3.14. The van der Waals surface area contributed by atoms with E-state index in [1.807, 2.05) is 0 Å². The van der Waals surface area contributed by atoms with Crippen LogP contribution in [0.3, 0.4) is 0 Å². The van der Waals surface area contributed by atoms with Gasteiger partial charge in [-0.05, 0) is 36.3 Å². The molecule has 1 aliphatic rings. The number of allylic oxidation sites excluding steroid dienone is 2. The molecule has 1 heteroatoms. The number of hydrogen-bond acceptors (Lipinski definition) is 1. The molecule has 2 unspecified atom stereocenters. The Kier molecular flexibility index (Phi) is 3.87. The molecule has 0 fully saturated rings. The maximum atomic E-state index is 6.16. The van der Waals surface area contributed by atoms with Crippen molar-refractivity contribution in [2.45, 2.75) is 31.1 Å². The van der Waals surface area contributed by atoms with Gasteiger partial charge in [0.05, 0.1) is 0 Å². The lowest BCUT2D eigenvalue weighted by Crippen LogP contribution is -2.03. The molecule has 0 radical (unpaired) electrons. The number of hydrogen-bond donors (Lipinski definition) is 1. The molecular formula is C19H21N.